The number of nitrogens with one attached hydrogen (secondary N) is 1. The number of carbonyl (C=O) groups is 1. The number of hydrogen-bond donors (Lipinski definition) is 1. The fourth-order valence-electron chi connectivity index (χ4n) is 5.75. The van der Waals surface area contributed by atoms with Crippen molar-refractivity contribution in [1.29, 1.82) is 0 Å². The number of halogens is 1. The Morgan fingerprint density at radius 2 is 1.62 bits per heavy atom. The van der Waals surface area contributed by atoms with Crippen LogP contribution in [0.2, 0.25) is 5.02 Å². The second kappa shape index (κ2) is 14.6. The molecule has 236 valence electrons. The van der Waals surface area contributed by atoms with Crippen molar-refractivity contribution in [3.63, 3.8) is 0 Å². The van der Waals surface area contributed by atoms with Crippen LogP contribution in [0, 0.1) is 0 Å². The Bertz CT molecular complexity index is 1710. The van der Waals surface area contributed by atoms with Crippen LogP contribution >= 0.6 is 11.6 Å². The zero-order valence-corrected chi connectivity index (χ0v) is 27.7. The van der Waals surface area contributed by atoms with Gasteiger partial charge < -0.3 is 4.90 Å². The Hall–Kier alpha value is -3.75. The maximum Gasteiger partial charge on any atom is 0.268 e. The third-order valence-corrected chi connectivity index (χ3v) is 10.0. The van der Waals surface area contributed by atoms with Crippen molar-refractivity contribution in [1.82, 2.24) is 14.7 Å². The van der Waals surface area contributed by atoms with E-state index in [2.05, 4.69) is 59.6 Å². The van der Waals surface area contributed by atoms with Gasteiger partial charge in [-0.15, -0.1) is 0 Å². The van der Waals surface area contributed by atoms with Gasteiger partial charge in [0, 0.05) is 17.8 Å². The van der Waals surface area contributed by atoms with Crippen LogP contribution in [-0.4, -0.2) is 30.8 Å². The van der Waals surface area contributed by atoms with Crippen LogP contribution in [0.25, 0.3) is 0 Å². The fourth-order valence-corrected chi connectivity index (χ4v) is 6.84. The minimum absolute atomic E-state index is 0.0447. The van der Waals surface area contributed by atoms with Gasteiger partial charge in [0.2, 0.25) is 5.95 Å². The van der Waals surface area contributed by atoms with Gasteiger partial charge in [0.1, 0.15) is 0 Å². The molecule has 9 heteroatoms. The summed E-state index contributed by atoms with van der Waals surface area (Å²) in [5.74, 6) is 0.222. The van der Waals surface area contributed by atoms with E-state index in [1.165, 1.54) is 11.8 Å². The normalized spacial score (nSPS) is 15.0. The quantitative estimate of drug-likeness (QED) is 0.169. The molecule has 0 saturated carbocycles. The zero-order chi connectivity index (χ0) is 32.0. The van der Waals surface area contributed by atoms with E-state index in [1.54, 1.807) is 24.3 Å². The summed E-state index contributed by atoms with van der Waals surface area (Å²) in [6.45, 7) is 7.21. The molecule has 0 aliphatic carbocycles. The Kier molecular flexibility index (Phi) is 10.6. The van der Waals surface area contributed by atoms with E-state index in [0.717, 1.165) is 55.3 Å². The predicted molar refractivity (Wildman–Crippen MR) is 180 cm³/mol. The van der Waals surface area contributed by atoms with Gasteiger partial charge in [-0.05, 0) is 91.0 Å². The van der Waals surface area contributed by atoms with Gasteiger partial charge in [-0.25, -0.2) is 23.1 Å². The summed E-state index contributed by atoms with van der Waals surface area (Å²) in [6.07, 6.45) is 7.45. The van der Waals surface area contributed by atoms with Gasteiger partial charge in [0.05, 0.1) is 22.2 Å². The number of benzene rings is 3. The molecule has 1 aliphatic rings. The summed E-state index contributed by atoms with van der Waals surface area (Å²) in [6, 6.07) is 23.1. The molecule has 5 rings (SSSR count). The maximum atomic E-state index is 13.5. The molecule has 3 aromatic carbocycles. The molecule has 2 heterocycles. The molecule has 0 unspecified atom stereocenters. The lowest BCUT2D eigenvalue weighted by Gasteiger charge is -2.26. The van der Waals surface area contributed by atoms with E-state index in [0.29, 0.717) is 35.4 Å². The molecule has 7 nitrogen and oxygen atoms in total. The number of nitrogens with zero attached hydrogens (tertiary/aromatic N) is 3. The highest BCUT2D eigenvalue weighted by Crippen LogP contribution is 2.35. The Morgan fingerprint density at radius 1 is 0.956 bits per heavy atom. The maximum absolute atomic E-state index is 13.5. The molecule has 1 amide bonds. The molecule has 0 radical (unpaired) electrons. The van der Waals surface area contributed by atoms with Gasteiger partial charge in [-0.1, -0.05) is 87.3 Å². The molecule has 1 saturated heterocycles. The summed E-state index contributed by atoms with van der Waals surface area (Å²) < 4.78 is 28.7. The molecule has 1 aromatic heterocycles. The highest BCUT2D eigenvalue weighted by atomic mass is 35.5. The summed E-state index contributed by atoms with van der Waals surface area (Å²) >= 11 is 6.14. The molecule has 1 atom stereocenters. The van der Waals surface area contributed by atoms with E-state index in [-0.39, 0.29) is 16.5 Å². The van der Waals surface area contributed by atoms with Gasteiger partial charge in [-0.2, -0.15) is 0 Å². The van der Waals surface area contributed by atoms with Crippen molar-refractivity contribution in [3.8, 4) is 0 Å². The Balaban J connectivity index is 1.42. The van der Waals surface area contributed by atoms with Crippen LogP contribution in [0.1, 0.15) is 96.7 Å². The monoisotopic (exact) mass is 644 g/mol. The summed E-state index contributed by atoms with van der Waals surface area (Å²) in [4.78, 5) is 25.3. The van der Waals surface area contributed by atoms with Crippen molar-refractivity contribution < 1.29 is 13.2 Å². The Labute approximate surface area is 272 Å². The molecule has 1 aliphatic heterocycles. The zero-order valence-electron chi connectivity index (χ0n) is 26.2. The number of anilines is 1. The largest absolute Gasteiger partial charge is 0.334 e. The van der Waals surface area contributed by atoms with Crippen LogP contribution in [0.4, 0.5) is 5.95 Å². The van der Waals surface area contributed by atoms with Crippen molar-refractivity contribution >= 4 is 33.5 Å². The first-order valence-electron chi connectivity index (χ1n) is 15.8. The highest BCUT2D eigenvalue weighted by Gasteiger charge is 2.30. The molecular formula is C36H41ClN4O3S. The van der Waals surface area contributed by atoms with E-state index >= 15 is 0 Å². The van der Waals surface area contributed by atoms with Gasteiger partial charge in [0.15, 0.2) is 0 Å². The summed E-state index contributed by atoms with van der Waals surface area (Å²) in [7, 11) is -4.09. The first-order valence-corrected chi connectivity index (χ1v) is 17.6. The molecule has 45 heavy (non-hydrogen) atoms. The lowest BCUT2D eigenvalue weighted by molar-refractivity contribution is 0.0979. The highest BCUT2D eigenvalue weighted by molar-refractivity contribution is 7.90. The SMILES string of the molecule is CCCCc1ccc(S(=O)(=O)NC(=O)c2cnc(N3CCC[C@H]3c3ccc(Cl)cc3)nc2CCc2ccc(C(C)C)cc2)cc1. The number of rotatable bonds is 12. The van der Waals surface area contributed by atoms with Gasteiger partial charge >= 0.3 is 0 Å². The third-order valence-electron chi connectivity index (χ3n) is 8.44. The van der Waals surface area contributed by atoms with Gasteiger partial charge in [-0.3, -0.25) is 4.79 Å². The first kappa shape index (κ1) is 32.6. The van der Waals surface area contributed by atoms with E-state index in [4.69, 9.17) is 16.6 Å². The Morgan fingerprint density at radius 3 is 2.29 bits per heavy atom. The number of hydrogen-bond acceptors (Lipinski definition) is 6. The molecule has 4 aromatic rings. The number of aromatic nitrogens is 2. The second-order valence-corrected chi connectivity index (χ2v) is 14.1. The van der Waals surface area contributed by atoms with E-state index < -0.39 is 15.9 Å². The number of carbonyl (C=O) groups excluding carboxylic acids is 1. The standard InChI is InChI=1S/C36H41ClN4O3S/c1-4-5-7-26-11-20-31(21-12-26)45(43,44)40-35(42)32-24-38-36(41-23-6-8-34(41)29-16-18-30(37)19-17-29)39-33(32)22-13-27-9-14-28(15-10-27)25(2)3/h9-12,14-21,24-25,34H,4-8,13,22-23H2,1-3H3,(H,40,42)/t34-/m0/s1. The van der Waals surface area contributed by atoms with Crippen molar-refractivity contribution in [3.05, 3.63) is 118 Å². The van der Waals surface area contributed by atoms with Crippen LogP contribution in [0.5, 0.6) is 0 Å². The minimum Gasteiger partial charge on any atom is -0.334 e. The molecule has 1 N–H and O–H groups in total. The number of aryl methyl sites for hydroxylation is 3. The average molecular weight is 645 g/mol. The van der Waals surface area contributed by atoms with E-state index in [9.17, 15) is 13.2 Å². The summed E-state index contributed by atoms with van der Waals surface area (Å²) in [5, 5.41) is 0.681. The first-order chi connectivity index (χ1) is 21.6. The number of sulfonamides is 1. The number of amides is 1. The molecular weight excluding hydrogens is 604 g/mol. The van der Waals surface area contributed by atoms with Crippen LogP contribution < -0.4 is 9.62 Å². The average Bonchev–Trinajstić information content (AvgIpc) is 3.53. The number of unbranched alkanes of at least 4 members (excludes halogenated alkanes) is 1. The second-order valence-electron chi connectivity index (χ2n) is 12.0. The minimum atomic E-state index is -4.09. The molecule has 0 bridgehead atoms. The van der Waals surface area contributed by atoms with Crippen LogP contribution in [0.15, 0.2) is 83.9 Å². The smallest absolute Gasteiger partial charge is 0.268 e. The van der Waals surface area contributed by atoms with E-state index in [1.807, 2.05) is 24.3 Å². The molecule has 0 spiro atoms. The predicted octanol–water partition coefficient (Wildman–Crippen LogP) is 7.84. The van der Waals surface area contributed by atoms with Crippen molar-refractivity contribution in [2.75, 3.05) is 11.4 Å². The van der Waals surface area contributed by atoms with Crippen molar-refractivity contribution in [2.45, 2.75) is 82.6 Å². The van der Waals surface area contributed by atoms with Crippen molar-refractivity contribution in [2.24, 2.45) is 0 Å². The fraction of sp³-hybridized carbons (Fsp3) is 0.361. The van der Waals surface area contributed by atoms with Crippen LogP contribution in [0.3, 0.4) is 0 Å². The van der Waals surface area contributed by atoms with Gasteiger partial charge in [0.25, 0.3) is 15.9 Å². The topological polar surface area (TPSA) is 92.3 Å². The molecule has 1 fully saturated rings. The van der Waals surface area contributed by atoms with Crippen LogP contribution in [-0.2, 0) is 29.3 Å². The lowest BCUT2D eigenvalue weighted by atomic mass is 9.99. The lowest BCUT2D eigenvalue weighted by Crippen LogP contribution is -2.32. The third kappa shape index (κ3) is 8.10. The summed E-state index contributed by atoms with van der Waals surface area (Å²) in [5.41, 5.74) is 5.23.